The minimum atomic E-state index is -0.0166. The summed E-state index contributed by atoms with van der Waals surface area (Å²) in [5.74, 6) is 2.94. The van der Waals surface area contributed by atoms with Crippen LogP contribution in [0.1, 0.15) is 36.0 Å². The molecular formula is C18H26N4O2. The first-order valence-electron chi connectivity index (χ1n) is 8.92. The second-order valence-electron chi connectivity index (χ2n) is 7.36. The molecule has 2 fully saturated rings. The Morgan fingerprint density at radius 2 is 2.33 bits per heavy atom. The predicted molar refractivity (Wildman–Crippen MR) is 91.8 cm³/mol. The molecule has 1 amide bonds. The number of carbonyl (C=O) groups excluding carboxylic acids is 1. The van der Waals surface area contributed by atoms with E-state index in [1.54, 1.807) is 23.6 Å². The lowest BCUT2D eigenvalue weighted by atomic mass is 9.89. The Morgan fingerprint density at radius 3 is 3.17 bits per heavy atom. The highest BCUT2D eigenvalue weighted by Gasteiger charge is 2.48. The molecule has 4 rings (SSSR count). The van der Waals surface area contributed by atoms with E-state index in [2.05, 4.69) is 21.8 Å². The maximum Gasteiger partial charge on any atom is 0.256 e. The van der Waals surface area contributed by atoms with Crippen LogP contribution in [0.2, 0.25) is 0 Å². The minimum absolute atomic E-state index is 0.0166. The molecule has 0 spiro atoms. The zero-order chi connectivity index (χ0) is 16.7. The van der Waals surface area contributed by atoms with Crippen molar-refractivity contribution in [1.29, 1.82) is 0 Å². The van der Waals surface area contributed by atoms with Gasteiger partial charge in [-0.3, -0.25) is 9.48 Å². The Balaban J connectivity index is 1.46. The molecule has 3 aliphatic carbocycles. The summed E-state index contributed by atoms with van der Waals surface area (Å²) >= 11 is 0. The predicted octanol–water partition coefficient (Wildman–Crippen LogP) is 1.95. The number of nitrogens with zero attached hydrogens (tertiary/aromatic N) is 2. The molecule has 0 radical (unpaired) electrons. The van der Waals surface area contributed by atoms with Crippen LogP contribution in [0.15, 0.2) is 17.8 Å². The third-order valence-electron chi connectivity index (χ3n) is 5.97. The average Bonchev–Trinajstić information content (AvgIpc) is 3.19. The lowest BCUT2D eigenvalue weighted by molar-refractivity contribution is 0.0926. The van der Waals surface area contributed by atoms with Gasteiger partial charge < -0.3 is 15.4 Å². The van der Waals surface area contributed by atoms with Crippen LogP contribution in [0.3, 0.4) is 0 Å². The number of hydrogen-bond donors (Lipinski definition) is 2. The van der Waals surface area contributed by atoms with Gasteiger partial charge in [-0.25, -0.2) is 0 Å². The van der Waals surface area contributed by atoms with Crippen molar-refractivity contribution in [1.82, 2.24) is 15.1 Å². The molecule has 3 aliphatic rings. The minimum Gasteiger partial charge on any atom is -0.383 e. The van der Waals surface area contributed by atoms with Gasteiger partial charge in [0, 0.05) is 26.7 Å². The Hall–Kier alpha value is -1.82. The van der Waals surface area contributed by atoms with Gasteiger partial charge in [-0.05, 0) is 43.4 Å². The van der Waals surface area contributed by atoms with Crippen LogP contribution in [0.4, 0.5) is 5.82 Å². The maximum absolute atomic E-state index is 12.8. The van der Waals surface area contributed by atoms with Gasteiger partial charge >= 0.3 is 0 Å². The highest BCUT2D eigenvalue weighted by Crippen LogP contribution is 2.54. The Morgan fingerprint density at radius 1 is 1.46 bits per heavy atom. The van der Waals surface area contributed by atoms with Gasteiger partial charge in [0.1, 0.15) is 11.4 Å². The second kappa shape index (κ2) is 6.24. The van der Waals surface area contributed by atoms with Gasteiger partial charge in [-0.1, -0.05) is 11.6 Å². The van der Waals surface area contributed by atoms with Crippen LogP contribution in [0.5, 0.6) is 0 Å². The van der Waals surface area contributed by atoms with Gasteiger partial charge in [0.05, 0.1) is 12.8 Å². The second-order valence-corrected chi connectivity index (χ2v) is 7.36. The zero-order valence-corrected chi connectivity index (χ0v) is 14.4. The number of methoxy groups -OCH3 is 1. The van der Waals surface area contributed by atoms with E-state index in [9.17, 15) is 4.79 Å². The average molecular weight is 330 g/mol. The molecule has 4 unspecified atom stereocenters. The van der Waals surface area contributed by atoms with Crippen LogP contribution < -0.4 is 10.6 Å². The van der Waals surface area contributed by atoms with Crippen molar-refractivity contribution in [3.8, 4) is 0 Å². The van der Waals surface area contributed by atoms with E-state index in [-0.39, 0.29) is 11.9 Å². The van der Waals surface area contributed by atoms with E-state index in [4.69, 9.17) is 4.74 Å². The highest BCUT2D eigenvalue weighted by atomic mass is 16.5. The monoisotopic (exact) mass is 330 g/mol. The summed E-state index contributed by atoms with van der Waals surface area (Å²) in [4.78, 5) is 12.8. The van der Waals surface area contributed by atoms with Crippen LogP contribution in [-0.4, -0.2) is 42.0 Å². The molecule has 0 aliphatic heterocycles. The molecule has 1 aromatic heterocycles. The van der Waals surface area contributed by atoms with Crippen LogP contribution in [0, 0.1) is 17.8 Å². The summed E-state index contributed by atoms with van der Waals surface area (Å²) < 4.78 is 6.78. The molecule has 6 nitrogen and oxygen atoms in total. The molecule has 4 atom stereocenters. The van der Waals surface area contributed by atoms with E-state index in [0.29, 0.717) is 24.6 Å². The van der Waals surface area contributed by atoms with E-state index in [1.807, 2.05) is 7.05 Å². The van der Waals surface area contributed by atoms with Crippen molar-refractivity contribution in [2.75, 3.05) is 25.6 Å². The number of amides is 1. The fraction of sp³-hybridized carbons (Fsp3) is 0.667. The van der Waals surface area contributed by atoms with E-state index in [0.717, 1.165) is 24.1 Å². The van der Waals surface area contributed by atoms with Gasteiger partial charge in [0.15, 0.2) is 0 Å². The molecule has 2 bridgehead atoms. The fourth-order valence-corrected chi connectivity index (χ4v) is 4.84. The number of carbonyl (C=O) groups is 1. The standard InChI is InChI=1S/C18H26N4O2/c1-22-17(19-5-6-24-2)15(10-20-22)18(23)21-16-9-12-4-3-11-7-13(12)14(16)8-11/h4,10-11,13-14,16,19H,3,5-9H2,1-2H3,(H,21,23). The van der Waals surface area contributed by atoms with E-state index < -0.39 is 0 Å². The van der Waals surface area contributed by atoms with Crippen LogP contribution >= 0.6 is 0 Å². The van der Waals surface area contributed by atoms with Crippen molar-refractivity contribution in [2.45, 2.75) is 31.7 Å². The maximum atomic E-state index is 12.8. The normalized spacial score (nSPS) is 30.3. The molecule has 130 valence electrons. The number of ether oxygens (including phenoxy) is 1. The van der Waals surface area contributed by atoms with Crippen LogP contribution in [-0.2, 0) is 11.8 Å². The Labute approximate surface area is 142 Å². The lowest BCUT2D eigenvalue weighted by Crippen LogP contribution is -2.38. The molecule has 2 N–H and O–H groups in total. The number of rotatable bonds is 6. The zero-order valence-electron chi connectivity index (χ0n) is 14.4. The molecule has 0 saturated heterocycles. The molecule has 1 aromatic rings. The largest absolute Gasteiger partial charge is 0.383 e. The summed E-state index contributed by atoms with van der Waals surface area (Å²) in [6.45, 7) is 1.24. The van der Waals surface area contributed by atoms with E-state index >= 15 is 0 Å². The first-order valence-corrected chi connectivity index (χ1v) is 8.92. The molecular weight excluding hydrogens is 304 g/mol. The fourth-order valence-electron chi connectivity index (χ4n) is 4.84. The molecule has 24 heavy (non-hydrogen) atoms. The smallest absolute Gasteiger partial charge is 0.256 e. The number of hydrogen-bond acceptors (Lipinski definition) is 4. The van der Waals surface area contributed by atoms with Crippen molar-refractivity contribution in [2.24, 2.45) is 24.8 Å². The topological polar surface area (TPSA) is 68.2 Å². The van der Waals surface area contributed by atoms with E-state index in [1.165, 1.54) is 19.3 Å². The summed E-state index contributed by atoms with van der Waals surface area (Å²) in [7, 11) is 3.51. The van der Waals surface area contributed by atoms with Crippen molar-refractivity contribution < 1.29 is 9.53 Å². The summed E-state index contributed by atoms with van der Waals surface area (Å²) in [5, 5.41) is 10.8. The highest BCUT2D eigenvalue weighted by molar-refractivity contribution is 5.99. The van der Waals surface area contributed by atoms with Crippen LogP contribution in [0.25, 0.3) is 0 Å². The van der Waals surface area contributed by atoms with Crippen molar-refractivity contribution in [3.63, 3.8) is 0 Å². The summed E-state index contributed by atoms with van der Waals surface area (Å²) in [5.41, 5.74) is 2.21. The van der Waals surface area contributed by atoms with Gasteiger partial charge in [-0.2, -0.15) is 5.10 Å². The molecule has 0 aromatic carbocycles. The SMILES string of the molecule is COCCNc1c(C(=O)NC2CC3=CCC4CC3C2C4)cnn1C. The molecule has 2 saturated carbocycles. The number of fused-ring (bicyclic) bond motifs is 1. The van der Waals surface area contributed by atoms with Crippen molar-refractivity contribution in [3.05, 3.63) is 23.4 Å². The third-order valence-corrected chi connectivity index (χ3v) is 5.97. The summed E-state index contributed by atoms with van der Waals surface area (Å²) in [6.07, 6.45) is 8.96. The third kappa shape index (κ3) is 2.62. The number of aryl methyl sites for hydroxylation is 1. The quantitative estimate of drug-likeness (QED) is 0.618. The number of anilines is 1. The first-order chi connectivity index (χ1) is 11.7. The Bertz CT molecular complexity index is 666. The first kappa shape index (κ1) is 15.7. The molecule has 6 heteroatoms. The lowest BCUT2D eigenvalue weighted by Gasteiger charge is -2.21. The van der Waals surface area contributed by atoms with Gasteiger partial charge in [0.2, 0.25) is 0 Å². The number of aromatic nitrogens is 2. The van der Waals surface area contributed by atoms with Gasteiger partial charge in [0.25, 0.3) is 5.91 Å². The van der Waals surface area contributed by atoms with Gasteiger partial charge in [-0.15, -0.1) is 0 Å². The number of allylic oxidation sites excluding steroid dienone is 1. The number of nitrogens with one attached hydrogen (secondary N) is 2. The van der Waals surface area contributed by atoms with Crippen molar-refractivity contribution >= 4 is 11.7 Å². The Kier molecular flexibility index (Phi) is 4.08. The summed E-state index contributed by atoms with van der Waals surface area (Å²) in [6, 6.07) is 0.283. The molecule has 1 heterocycles.